The van der Waals surface area contributed by atoms with E-state index in [4.69, 9.17) is 0 Å². The summed E-state index contributed by atoms with van der Waals surface area (Å²) < 4.78 is 82.3. The standard InChI is InChI=1S/C22H16F6N4O3/c1-12-7-14(35-22(26,27)28)3-4-16(12)31-11-32(17-5-6-30(34)10-13(17)2)20(33)15-8-19(21(23,24)25)29-9-18(15)31/h3-10H,11H2,1-2H3. The zero-order valence-electron chi connectivity index (χ0n) is 18.1. The summed E-state index contributed by atoms with van der Waals surface area (Å²) in [6, 6.07) is 5.45. The van der Waals surface area contributed by atoms with Crippen molar-refractivity contribution in [3.63, 3.8) is 0 Å². The number of fused-ring (bicyclic) bond motifs is 1. The molecule has 0 radical (unpaired) electrons. The summed E-state index contributed by atoms with van der Waals surface area (Å²) in [6.07, 6.45) is -6.49. The monoisotopic (exact) mass is 498 g/mol. The fourth-order valence-corrected chi connectivity index (χ4v) is 3.81. The van der Waals surface area contributed by atoms with Crippen LogP contribution in [0, 0.1) is 19.1 Å². The lowest BCUT2D eigenvalue weighted by molar-refractivity contribution is -0.605. The van der Waals surface area contributed by atoms with Crippen molar-refractivity contribution in [1.82, 2.24) is 4.98 Å². The van der Waals surface area contributed by atoms with Crippen LogP contribution < -0.4 is 19.3 Å². The van der Waals surface area contributed by atoms with E-state index >= 15 is 0 Å². The van der Waals surface area contributed by atoms with Gasteiger partial charge in [-0.1, -0.05) is 0 Å². The molecule has 0 spiro atoms. The molecule has 0 saturated carbocycles. The molecule has 35 heavy (non-hydrogen) atoms. The number of carbonyl (C=O) groups excluding carboxylic acids is 1. The molecule has 1 aliphatic heterocycles. The number of aryl methyl sites for hydroxylation is 2. The Bertz CT molecular complexity index is 1310. The Kier molecular flexibility index (Phi) is 5.73. The van der Waals surface area contributed by atoms with Gasteiger partial charge in [-0.05, 0) is 43.7 Å². The Hall–Kier alpha value is -4.03. The van der Waals surface area contributed by atoms with Gasteiger partial charge in [0.2, 0.25) is 0 Å². The van der Waals surface area contributed by atoms with Crippen molar-refractivity contribution < 1.29 is 40.6 Å². The van der Waals surface area contributed by atoms with Crippen molar-refractivity contribution in [2.24, 2.45) is 0 Å². The number of hydrogen-bond acceptors (Lipinski definition) is 5. The van der Waals surface area contributed by atoms with Crippen molar-refractivity contribution >= 4 is 23.0 Å². The number of carbonyl (C=O) groups is 1. The van der Waals surface area contributed by atoms with Gasteiger partial charge in [0.05, 0.1) is 23.1 Å². The second-order valence-corrected chi connectivity index (χ2v) is 7.76. The number of alkyl halides is 6. The van der Waals surface area contributed by atoms with E-state index in [9.17, 15) is 36.3 Å². The molecule has 7 nitrogen and oxygen atoms in total. The summed E-state index contributed by atoms with van der Waals surface area (Å²) in [7, 11) is 0. The number of anilines is 3. The molecule has 0 N–H and O–H groups in total. The van der Waals surface area contributed by atoms with E-state index in [1.807, 2.05) is 0 Å². The molecule has 0 bridgehead atoms. The van der Waals surface area contributed by atoms with Gasteiger partial charge in [0.15, 0.2) is 12.4 Å². The fraction of sp³-hybridized carbons (Fsp3) is 0.227. The predicted molar refractivity (Wildman–Crippen MR) is 111 cm³/mol. The molecule has 0 atom stereocenters. The minimum atomic E-state index is -4.91. The molecule has 0 aliphatic carbocycles. The first-order valence-corrected chi connectivity index (χ1v) is 9.97. The Labute approximate surface area is 194 Å². The predicted octanol–water partition coefficient (Wildman–Crippen LogP) is 5.01. The van der Waals surface area contributed by atoms with Crippen LogP contribution in [-0.2, 0) is 6.18 Å². The van der Waals surface area contributed by atoms with Crippen LogP contribution in [0.4, 0.5) is 43.4 Å². The average molecular weight is 498 g/mol. The number of ether oxygens (including phenoxy) is 1. The Balaban J connectivity index is 1.86. The summed E-state index contributed by atoms with van der Waals surface area (Å²) in [6.45, 7) is 2.84. The molecule has 4 rings (SSSR count). The number of aromatic nitrogens is 2. The third-order valence-electron chi connectivity index (χ3n) is 5.31. The quantitative estimate of drug-likeness (QED) is 0.289. The maximum absolute atomic E-state index is 13.3. The van der Waals surface area contributed by atoms with Crippen LogP contribution in [-0.4, -0.2) is 23.9 Å². The highest BCUT2D eigenvalue weighted by molar-refractivity contribution is 6.12. The van der Waals surface area contributed by atoms with E-state index in [-0.39, 0.29) is 23.6 Å². The Morgan fingerprint density at radius 1 is 0.971 bits per heavy atom. The number of amides is 1. The van der Waals surface area contributed by atoms with Crippen molar-refractivity contribution in [1.29, 1.82) is 0 Å². The van der Waals surface area contributed by atoms with E-state index in [1.54, 1.807) is 6.92 Å². The molecular weight excluding hydrogens is 482 g/mol. The Morgan fingerprint density at radius 2 is 1.66 bits per heavy atom. The summed E-state index contributed by atoms with van der Waals surface area (Å²) in [5, 5.41) is 11.6. The van der Waals surface area contributed by atoms with Crippen LogP contribution in [0.5, 0.6) is 5.75 Å². The topological polar surface area (TPSA) is 72.6 Å². The first kappa shape index (κ1) is 24.1. The zero-order chi connectivity index (χ0) is 25.7. The van der Waals surface area contributed by atoms with Gasteiger partial charge in [0.25, 0.3) is 5.91 Å². The van der Waals surface area contributed by atoms with E-state index < -0.39 is 29.9 Å². The second kappa shape index (κ2) is 8.32. The minimum Gasteiger partial charge on any atom is -0.619 e. The lowest BCUT2D eigenvalue weighted by Gasteiger charge is -2.39. The summed E-state index contributed by atoms with van der Waals surface area (Å²) in [4.78, 5) is 19.4. The molecule has 1 aliphatic rings. The van der Waals surface area contributed by atoms with Crippen molar-refractivity contribution in [3.8, 4) is 5.75 Å². The second-order valence-electron chi connectivity index (χ2n) is 7.76. The van der Waals surface area contributed by atoms with Crippen LogP contribution in [0.25, 0.3) is 0 Å². The smallest absolute Gasteiger partial charge is 0.573 e. The van der Waals surface area contributed by atoms with Crippen molar-refractivity contribution in [3.05, 3.63) is 76.5 Å². The Morgan fingerprint density at radius 3 is 2.26 bits per heavy atom. The molecular formula is C22H16F6N4O3. The zero-order valence-corrected chi connectivity index (χ0v) is 18.1. The normalized spacial score (nSPS) is 14.2. The van der Waals surface area contributed by atoms with E-state index in [1.165, 1.54) is 35.1 Å². The van der Waals surface area contributed by atoms with Crippen LogP contribution in [0.1, 0.15) is 27.2 Å². The maximum Gasteiger partial charge on any atom is 0.573 e. The fourth-order valence-electron chi connectivity index (χ4n) is 3.81. The third-order valence-corrected chi connectivity index (χ3v) is 5.31. The maximum atomic E-state index is 13.3. The van der Waals surface area contributed by atoms with Gasteiger partial charge >= 0.3 is 12.5 Å². The van der Waals surface area contributed by atoms with Crippen LogP contribution in [0.2, 0.25) is 0 Å². The average Bonchev–Trinajstić information content (AvgIpc) is 2.73. The van der Waals surface area contributed by atoms with Gasteiger partial charge in [0.1, 0.15) is 18.1 Å². The van der Waals surface area contributed by atoms with Crippen LogP contribution >= 0.6 is 0 Å². The van der Waals surface area contributed by atoms with Gasteiger partial charge < -0.3 is 14.8 Å². The molecule has 13 heteroatoms. The van der Waals surface area contributed by atoms with E-state index in [2.05, 4.69) is 9.72 Å². The first-order chi connectivity index (χ1) is 16.2. The minimum absolute atomic E-state index is 0.0410. The molecule has 2 aromatic heterocycles. The lowest BCUT2D eigenvalue weighted by atomic mass is 10.0. The van der Waals surface area contributed by atoms with Crippen LogP contribution in [0.3, 0.4) is 0 Å². The van der Waals surface area contributed by atoms with Crippen molar-refractivity contribution in [2.75, 3.05) is 16.5 Å². The number of halogens is 6. The van der Waals surface area contributed by atoms with Gasteiger partial charge in [-0.3, -0.25) is 9.69 Å². The first-order valence-electron chi connectivity index (χ1n) is 9.97. The van der Waals surface area contributed by atoms with E-state index in [0.29, 0.717) is 27.6 Å². The van der Waals surface area contributed by atoms with Gasteiger partial charge in [-0.2, -0.15) is 17.9 Å². The van der Waals surface area contributed by atoms with Crippen molar-refractivity contribution in [2.45, 2.75) is 26.4 Å². The number of benzene rings is 1. The number of rotatable bonds is 3. The van der Waals surface area contributed by atoms with Gasteiger partial charge in [-0.15, -0.1) is 13.2 Å². The van der Waals surface area contributed by atoms with Gasteiger partial charge in [0, 0.05) is 17.3 Å². The largest absolute Gasteiger partial charge is 0.619 e. The highest BCUT2D eigenvalue weighted by Gasteiger charge is 2.38. The SMILES string of the molecule is Cc1c[n+]([O-])ccc1N1CN(c2ccc(OC(F)(F)F)cc2C)c2cnc(C(F)(F)F)cc2C1=O. The summed E-state index contributed by atoms with van der Waals surface area (Å²) >= 11 is 0. The molecule has 1 amide bonds. The molecule has 0 saturated heterocycles. The number of hydrogen-bond donors (Lipinski definition) is 0. The molecule has 184 valence electrons. The highest BCUT2D eigenvalue weighted by atomic mass is 19.4. The lowest BCUT2D eigenvalue weighted by Crippen LogP contribution is -2.46. The van der Waals surface area contributed by atoms with Crippen LogP contribution in [0.15, 0.2) is 48.9 Å². The molecule has 1 aromatic carbocycles. The molecule has 0 fully saturated rings. The highest BCUT2D eigenvalue weighted by Crippen LogP contribution is 2.40. The molecule has 3 aromatic rings. The number of nitrogens with zero attached hydrogens (tertiary/aromatic N) is 4. The van der Waals surface area contributed by atoms with Gasteiger partial charge in [-0.25, -0.2) is 4.98 Å². The third kappa shape index (κ3) is 4.79. The molecule has 3 heterocycles. The van der Waals surface area contributed by atoms with E-state index in [0.717, 1.165) is 24.5 Å². The molecule has 0 unspecified atom stereocenters. The number of pyridine rings is 2. The summed E-state index contributed by atoms with van der Waals surface area (Å²) in [5.41, 5.74) is -0.278. The summed E-state index contributed by atoms with van der Waals surface area (Å²) in [5.74, 6) is -1.24.